The summed E-state index contributed by atoms with van der Waals surface area (Å²) in [6.07, 6.45) is 3.55. The van der Waals surface area contributed by atoms with Crippen LogP contribution in [0, 0.1) is 5.92 Å². The molecule has 150 valence electrons. The summed E-state index contributed by atoms with van der Waals surface area (Å²) in [6.45, 7) is 4.08. The number of allylic oxidation sites excluding steroid dienone is 1. The number of hydrogen-bond acceptors (Lipinski definition) is 5. The molecule has 0 spiro atoms. The lowest BCUT2D eigenvalue weighted by molar-refractivity contribution is -0.137. The second kappa shape index (κ2) is 8.11. The van der Waals surface area contributed by atoms with Gasteiger partial charge in [-0.05, 0) is 49.9 Å². The van der Waals surface area contributed by atoms with Crippen molar-refractivity contribution in [1.29, 1.82) is 0 Å². The number of hydrogen-bond donors (Lipinski definition) is 0. The normalized spacial score (nSPS) is 20.6. The van der Waals surface area contributed by atoms with Crippen LogP contribution < -0.4 is 4.74 Å². The molecule has 1 heterocycles. The second-order valence-corrected chi connectivity index (χ2v) is 7.39. The van der Waals surface area contributed by atoms with Crippen molar-refractivity contribution < 1.29 is 14.3 Å². The van der Waals surface area contributed by atoms with E-state index >= 15 is 0 Å². The summed E-state index contributed by atoms with van der Waals surface area (Å²) in [4.78, 5) is 12.1. The van der Waals surface area contributed by atoms with Crippen molar-refractivity contribution >= 4 is 11.7 Å². The Morgan fingerprint density at radius 3 is 2.76 bits per heavy atom. The molecule has 0 bridgehead atoms. The first-order valence-electron chi connectivity index (χ1n) is 10.1. The Morgan fingerprint density at radius 2 is 2.03 bits per heavy atom. The molecule has 2 aromatic carbocycles. The summed E-state index contributed by atoms with van der Waals surface area (Å²) >= 11 is 0. The third kappa shape index (κ3) is 3.65. The first kappa shape index (κ1) is 19.2. The van der Waals surface area contributed by atoms with Crippen LogP contribution in [-0.4, -0.2) is 30.4 Å². The van der Waals surface area contributed by atoms with Crippen molar-refractivity contribution in [2.75, 3.05) is 13.7 Å². The molecular weight excluding hydrogens is 364 g/mol. The molecule has 0 saturated heterocycles. The van der Waals surface area contributed by atoms with Gasteiger partial charge in [-0.1, -0.05) is 36.4 Å². The fraction of sp³-hybridized carbons (Fsp3) is 0.333. The van der Waals surface area contributed by atoms with E-state index in [2.05, 4.69) is 36.4 Å². The first-order chi connectivity index (χ1) is 14.1. The third-order valence-corrected chi connectivity index (χ3v) is 5.64. The smallest absolute Gasteiger partial charge is 0.332 e. The summed E-state index contributed by atoms with van der Waals surface area (Å²) in [5, 5.41) is 7.00. The fourth-order valence-corrected chi connectivity index (χ4v) is 4.31. The van der Waals surface area contributed by atoms with Crippen LogP contribution in [0.25, 0.3) is 0 Å². The van der Waals surface area contributed by atoms with Crippen LogP contribution in [0.15, 0.2) is 65.4 Å². The first-order valence-corrected chi connectivity index (χ1v) is 10.1. The number of esters is 1. The van der Waals surface area contributed by atoms with E-state index in [1.807, 2.05) is 31.0 Å². The number of carbonyl (C=O) groups excluding carboxylic acids is 1. The number of benzene rings is 2. The molecule has 29 heavy (non-hydrogen) atoms. The maximum Gasteiger partial charge on any atom is 0.332 e. The van der Waals surface area contributed by atoms with Crippen molar-refractivity contribution in [3.05, 3.63) is 77.0 Å². The molecule has 0 unspecified atom stereocenters. The lowest BCUT2D eigenvalue weighted by Gasteiger charge is -2.31. The molecule has 5 heteroatoms. The highest BCUT2D eigenvalue weighted by Crippen LogP contribution is 2.45. The summed E-state index contributed by atoms with van der Waals surface area (Å²) < 4.78 is 10.6. The number of fused-ring (bicyclic) bond motifs is 3. The summed E-state index contributed by atoms with van der Waals surface area (Å²) in [7, 11) is 1.68. The highest BCUT2D eigenvalue weighted by atomic mass is 16.5. The van der Waals surface area contributed by atoms with Gasteiger partial charge in [0.25, 0.3) is 0 Å². The van der Waals surface area contributed by atoms with Crippen LogP contribution in [0.5, 0.6) is 5.75 Å². The fourth-order valence-electron chi connectivity index (χ4n) is 4.31. The molecule has 0 amide bonds. The van der Waals surface area contributed by atoms with Gasteiger partial charge in [0, 0.05) is 23.3 Å². The molecule has 2 aromatic rings. The zero-order valence-electron chi connectivity index (χ0n) is 17.1. The number of nitrogens with zero attached hydrogens (tertiary/aromatic N) is 2. The topological polar surface area (TPSA) is 51.1 Å². The van der Waals surface area contributed by atoms with E-state index in [4.69, 9.17) is 14.6 Å². The Kier molecular flexibility index (Phi) is 5.38. The SMILES string of the molecule is CCOC(=O)/C=C(\C)N1N=C2c3cc(OC)ccc3CC[C@H]2[C@@H]1c1ccccc1. The van der Waals surface area contributed by atoms with E-state index in [0.717, 1.165) is 35.6 Å². The highest BCUT2D eigenvalue weighted by Gasteiger charge is 2.42. The maximum atomic E-state index is 12.1. The molecule has 1 aliphatic heterocycles. The van der Waals surface area contributed by atoms with E-state index in [1.165, 1.54) is 17.2 Å². The number of aryl methyl sites for hydroxylation is 1. The van der Waals surface area contributed by atoms with Gasteiger partial charge in [0.05, 0.1) is 25.5 Å². The Hall–Kier alpha value is -3.08. The van der Waals surface area contributed by atoms with Gasteiger partial charge in [0.15, 0.2) is 0 Å². The minimum atomic E-state index is -0.339. The molecule has 2 atom stereocenters. The van der Waals surface area contributed by atoms with Crippen molar-refractivity contribution in [1.82, 2.24) is 5.01 Å². The van der Waals surface area contributed by atoms with E-state index < -0.39 is 0 Å². The second-order valence-electron chi connectivity index (χ2n) is 7.39. The number of ether oxygens (including phenoxy) is 2. The Labute approximate surface area is 171 Å². The molecule has 4 rings (SSSR count). The van der Waals surface area contributed by atoms with Gasteiger partial charge in [-0.25, -0.2) is 4.79 Å². The molecule has 2 aliphatic rings. The van der Waals surface area contributed by atoms with Crippen molar-refractivity contribution in [2.24, 2.45) is 11.0 Å². The van der Waals surface area contributed by atoms with Crippen molar-refractivity contribution in [3.63, 3.8) is 0 Å². The molecule has 0 fully saturated rings. The number of carbonyl (C=O) groups is 1. The lowest BCUT2D eigenvalue weighted by atomic mass is 9.77. The zero-order chi connectivity index (χ0) is 20.4. The minimum absolute atomic E-state index is 0.0521. The maximum absolute atomic E-state index is 12.1. The molecule has 0 radical (unpaired) electrons. The summed E-state index contributed by atoms with van der Waals surface area (Å²) in [5.74, 6) is 0.747. The van der Waals surface area contributed by atoms with Crippen molar-refractivity contribution in [3.8, 4) is 5.75 Å². The molecular formula is C24H26N2O3. The van der Waals surface area contributed by atoms with Crippen LogP contribution in [0.2, 0.25) is 0 Å². The Bertz CT molecular complexity index is 965. The van der Waals surface area contributed by atoms with Crippen LogP contribution in [0.3, 0.4) is 0 Å². The van der Waals surface area contributed by atoms with Gasteiger partial charge in [0.1, 0.15) is 5.75 Å². The predicted octanol–water partition coefficient (Wildman–Crippen LogP) is 4.49. The van der Waals surface area contributed by atoms with E-state index in [9.17, 15) is 4.79 Å². The largest absolute Gasteiger partial charge is 0.497 e. The molecule has 0 N–H and O–H groups in total. The van der Waals surface area contributed by atoms with E-state index in [-0.39, 0.29) is 17.9 Å². The standard InChI is InChI=1S/C24H26N2O3/c1-4-29-22(27)14-16(2)26-24(18-8-6-5-7-9-18)20-13-11-17-10-12-19(28-3)15-21(17)23(20)25-26/h5-10,12,14-15,20,24H,4,11,13H2,1-3H3/b16-14+/t20-,24+/m1/s1. The Balaban J connectivity index is 1.79. The Morgan fingerprint density at radius 1 is 1.24 bits per heavy atom. The molecule has 1 aliphatic carbocycles. The van der Waals surface area contributed by atoms with E-state index in [0.29, 0.717) is 6.61 Å². The average Bonchev–Trinajstić information content (AvgIpc) is 3.14. The number of methoxy groups -OCH3 is 1. The molecule has 5 nitrogen and oxygen atoms in total. The zero-order valence-corrected chi connectivity index (χ0v) is 17.1. The van der Waals surface area contributed by atoms with Crippen molar-refractivity contribution in [2.45, 2.75) is 32.7 Å². The van der Waals surface area contributed by atoms with Gasteiger partial charge in [-0.3, -0.25) is 5.01 Å². The van der Waals surface area contributed by atoms with E-state index in [1.54, 1.807) is 7.11 Å². The highest BCUT2D eigenvalue weighted by molar-refractivity contribution is 6.06. The van der Waals surface area contributed by atoms with Gasteiger partial charge in [0.2, 0.25) is 0 Å². The molecule has 0 aromatic heterocycles. The lowest BCUT2D eigenvalue weighted by Crippen LogP contribution is -2.28. The van der Waals surface area contributed by atoms with Gasteiger partial charge in [-0.15, -0.1) is 0 Å². The van der Waals surface area contributed by atoms with Crippen LogP contribution in [-0.2, 0) is 16.0 Å². The van der Waals surface area contributed by atoms with Gasteiger partial charge in [-0.2, -0.15) is 5.10 Å². The summed E-state index contributed by atoms with van der Waals surface area (Å²) in [5.41, 5.74) is 5.48. The number of rotatable bonds is 5. The number of hydrazone groups is 1. The van der Waals surface area contributed by atoms with Gasteiger partial charge >= 0.3 is 5.97 Å². The summed E-state index contributed by atoms with van der Waals surface area (Å²) in [6, 6.07) is 16.7. The monoisotopic (exact) mass is 390 g/mol. The minimum Gasteiger partial charge on any atom is -0.497 e. The van der Waals surface area contributed by atoms with Crippen LogP contribution >= 0.6 is 0 Å². The average molecular weight is 390 g/mol. The molecule has 0 saturated carbocycles. The third-order valence-electron chi connectivity index (χ3n) is 5.64. The van der Waals surface area contributed by atoms with Crippen LogP contribution in [0.1, 0.15) is 43.0 Å². The van der Waals surface area contributed by atoms with Crippen LogP contribution in [0.4, 0.5) is 0 Å². The predicted molar refractivity (Wildman–Crippen MR) is 113 cm³/mol. The van der Waals surface area contributed by atoms with Gasteiger partial charge < -0.3 is 9.47 Å². The quantitative estimate of drug-likeness (QED) is 0.558.